The number of nitrogens with two attached hydrogens (primary N) is 1. The van der Waals surface area contributed by atoms with Gasteiger partial charge in [0.05, 0.1) is 6.61 Å². The predicted octanol–water partition coefficient (Wildman–Crippen LogP) is -2.70. The minimum atomic E-state index is -1.37. The van der Waals surface area contributed by atoms with Gasteiger partial charge < -0.3 is 30.9 Å². The van der Waals surface area contributed by atoms with Crippen LogP contribution in [0.25, 0.3) is 0 Å². The molecular weight excluding hydrogens is 249 g/mol. The first-order chi connectivity index (χ1) is 8.47. The summed E-state index contributed by atoms with van der Waals surface area (Å²) in [7, 11) is 0. The maximum absolute atomic E-state index is 10.9. The summed E-state index contributed by atoms with van der Waals surface area (Å²) in [5.74, 6) is -1.50. The molecule has 6 N–H and O–H groups in total. The topological polar surface area (TPSA) is 151 Å². The molecule has 2 heterocycles. The molecule has 0 saturated carbocycles. The fourth-order valence-electron chi connectivity index (χ4n) is 1.82. The van der Waals surface area contributed by atoms with E-state index in [1.54, 1.807) is 0 Å². The Bertz CT molecular complexity index is 461. The predicted molar refractivity (Wildman–Crippen MR) is 55.4 cm³/mol. The number of carbonyl (C=O) groups is 1. The van der Waals surface area contributed by atoms with E-state index in [0.29, 0.717) is 0 Å². The second kappa shape index (κ2) is 4.53. The quantitative estimate of drug-likeness (QED) is 0.397. The zero-order valence-corrected chi connectivity index (χ0v) is 9.17. The van der Waals surface area contributed by atoms with Crippen molar-refractivity contribution in [2.24, 2.45) is 5.73 Å². The number of primary amides is 1. The zero-order valence-electron chi connectivity index (χ0n) is 9.17. The molecule has 0 spiro atoms. The van der Waals surface area contributed by atoms with Crippen molar-refractivity contribution < 1.29 is 30.0 Å². The molecule has 0 bridgehead atoms. The van der Waals surface area contributed by atoms with E-state index in [2.05, 4.69) is 4.98 Å². The third-order valence-electron chi connectivity index (χ3n) is 2.79. The third-order valence-corrected chi connectivity index (χ3v) is 2.79. The molecule has 18 heavy (non-hydrogen) atoms. The van der Waals surface area contributed by atoms with Gasteiger partial charge >= 0.3 is 0 Å². The van der Waals surface area contributed by atoms with Crippen LogP contribution in [0.15, 0.2) is 6.33 Å². The lowest BCUT2D eigenvalue weighted by Crippen LogP contribution is -2.33. The Balaban J connectivity index is 2.30. The number of carbonyl (C=O) groups excluding carboxylic acids is 1. The first kappa shape index (κ1) is 12.8. The number of aromatic nitrogens is 2. The SMILES string of the molecule is NC(=O)[13c]1[15n]cn([C@@H]2O[C@H](CO)[C@@H](O)[C@H]2O)[13c]1O. The lowest BCUT2D eigenvalue weighted by atomic mass is 10.1. The van der Waals surface area contributed by atoms with Crippen molar-refractivity contribution in [3.05, 3.63) is 12.0 Å². The lowest BCUT2D eigenvalue weighted by molar-refractivity contribution is -0.0553. The second-order valence-corrected chi connectivity index (χ2v) is 3.92. The fraction of sp³-hybridized carbons (Fsp3) is 0.556. The Morgan fingerprint density at radius 3 is 2.61 bits per heavy atom. The normalized spacial score (nSPS) is 31.7. The summed E-state index contributed by atoms with van der Waals surface area (Å²) >= 11 is 0. The highest BCUT2D eigenvalue weighted by molar-refractivity contribution is 5.92. The third kappa shape index (κ3) is 1.82. The molecule has 1 amide bonds. The smallest absolute Gasteiger partial charge is 0.272 e. The number of hydrogen-bond acceptors (Lipinski definition) is 7. The van der Waals surface area contributed by atoms with Gasteiger partial charge in [0.2, 0.25) is 5.88 Å². The maximum atomic E-state index is 10.9. The van der Waals surface area contributed by atoms with Crippen molar-refractivity contribution in [3.8, 4) is 5.88 Å². The Morgan fingerprint density at radius 2 is 2.17 bits per heavy atom. The van der Waals surface area contributed by atoms with Crippen LogP contribution in [0.2, 0.25) is 0 Å². The van der Waals surface area contributed by atoms with Gasteiger partial charge in [-0.15, -0.1) is 0 Å². The first-order valence-electron chi connectivity index (χ1n) is 5.15. The van der Waals surface area contributed by atoms with Crippen molar-refractivity contribution in [2.45, 2.75) is 24.5 Å². The molecule has 1 saturated heterocycles. The van der Waals surface area contributed by atoms with Gasteiger partial charge in [0.25, 0.3) is 5.91 Å². The molecule has 1 aliphatic heterocycles. The van der Waals surface area contributed by atoms with Crippen LogP contribution in [0.5, 0.6) is 5.88 Å². The summed E-state index contributed by atoms with van der Waals surface area (Å²) in [5.41, 5.74) is 4.61. The van der Waals surface area contributed by atoms with Gasteiger partial charge in [-0.3, -0.25) is 9.36 Å². The van der Waals surface area contributed by atoms with Crippen LogP contribution in [0.1, 0.15) is 16.7 Å². The number of imidazole rings is 1. The van der Waals surface area contributed by atoms with Crippen LogP contribution >= 0.6 is 0 Å². The minimum Gasteiger partial charge on any atom is -0.493 e. The zero-order chi connectivity index (χ0) is 13.4. The number of ether oxygens (including phenoxy) is 1. The molecule has 1 fully saturated rings. The van der Waals surface area contributed by atoms with Crippen LogP contribution in [0.4, 0.5) is 0 Å². The summed E-state index contributed by atoms with van der Waals surface area (Å²) in [5, 5.41) is 37.9. The molecule has 1 aromatic rings. The largest absolute Gasteiger partial charge is 0.493 e. The Morgan fingerprint density at radius 1 is 1.50 bits per heavy atom. The molecule has 1 aromatic heterocycles. The molecule has 0 radical (unpaired) electrons. The van der Waals surface area contributed by atoms with E-state index in [9.17, 15) is 20.1 Å². The molecule has 1 aliphatic rings. The highest BCUT2D eigenvalue weighted by Gasteiger charge is 2.44. The summed E-state index contributed by atoms with van der Waals surface area (Å²) in [6.45, 7) is -0.493. The Labute approximate surface area is 101 Å². The average molecular weight is 262 g/mol. The molecule has 9 nitrogen and oxygen atoms in total. The van der Waals surface area contributed by atoms with E-state index < -0.39 is 42.9 Å². The monoisotopic (exact) mass is 262 g/mol. The first-order valence-corrected chi connectivity index (χ1v) is 5.15. The molecule has 4 atom stereocenters. The molecule has 0 aliphatic carbocycles. The van der Waals surface area contributed by atoms with Crippen LogP contribution in [-0.2, 0) is 4.74 Å². The van der Waals surface area contributed by atoms with Crippen LogP contribution in [0, 0.1) is 0 Å². The lowest BCUT2D eigenvalue weighted by Gasteiger charge is -2.16. The van der Waals surface area contributed by atoms with Gasteiger partial charge in [-0.05, 0) is 0 Å². The average Bonchev–Trinajstić information content (AvgIpc) is 2.82. The van der Waals surface area contributed by atoms with Gasteiger partial charge in [-0.2, -0.15) is 0 Å². The van der Waals surface area contributed by atoms with E-state index >= 15 is 0 Å². The Hall–Kier alpha value is -1.68. The van der Waals surface area contributed by atoms with Crippen molar-refractivity contribution in [1.82, 2.24) is 9.55 Å². The number of nitrogens with zero attached hydrogens (tertiary/aromatic N) is 2. The second-order valence-electron chi connectivity index (χ2n) is 3.92. The maximum Gasteiger partial charge on any atom is 0.272 e. The van der Waals surface area contributed by atoms with Gasteiger partial charge in [0.15, 0.2) is 11.9 Å². The van der Waals surface area contributed by atoms with Crippen molar-refractivity contribution in [1.29, 1.82) is 0 Å². The number of amides is 1. The highest BCUT2D eigenvalue weighted by atomic mass is 16.6. The highest BCUT2D eigenvalue weighted by Crippen LogP contribution is 2.32. The van der Waals surface area contributed by atoms with Gasteiger partial charge in [-0.1, -0.05) is 0 Å². The molecule has 100 valence electrons. The fourth-order valence-corrected chi connectivity index (χ4v) is 1.82. The van der Waals surface area contributed by atoms with E-state index in [-0.39, 0.29) is 5.69 Å². The summed E-state index contributed by atoms with van der Waals surface area (Å²) in [6, 6.07) is 0. The minimum absolute atomic E-state index is 0.368. The van der Waals surface area contributed by atoms with E-state index in [1.165, 1.54) is 0 Å². The molecular formula is C9H13N3O6. The number of aliphatic hydroxyl groups excluding tert-OH is 3. The standard InChI is InChI=1S/C9H13N3O6/c10-7(16)4-8(17)12(2-11-4)9-6(15)5(14)3(1-13)18-9/h2-3,5-6,9,13-15,17H,1H2,(H2,10,16)/t3-,5-,6-,9-/m1/s1/i4+1,8+1,11+1. The van der Waals surface area contributed by atoms with Crippen molar-refractivity contribution in [2.75, 3.05) is 6.61 Å². The summed E-state index contributed by atoms with van der Waals surface area (Å²) in [6.07, 6.45) is -3.76. The van der Waals surface area contributed by atoms with Crippen molar-refractivity contribution in [3.63, 3.8) is 0 Å². The van der Waals surface area contributed by atoms with E-state index in [1.807, 2.05) is 0 Å². The number of aromatic hydroxyl groups is 1. The van der Waals surface area contributed by atoms with Crippen LogP contribution < -0.4 is 5.73 Å². The van der Waals surface area contributed by atoms with Crippen LogP contribution in [-0.4, -0.2) is 60.8 Å². The van der Waals surface area contributed by atoms with Gasteiger partial charge in [-0.25, -0.2) is 4.98 Å². The van der Waals surface area contributed by atoms with Gasteiger partial charge in [0, 0.05) is 0 Å². The number of rotatable bonds is 3. The van der Waals surface area contributed by atoms with Gasteiger partial charge in [0.1, 0.15) is 24.6 Å². The number of hydrogen-bond donors (Lipinski definition) is 5. The molecule has 2 rings (SSSR count). The van der Waals surface area contributed by atoms with Crippen LogP contribution in [0.3, 0.4) is 0 Å². The van der Waals surface area contributed by atoms with E-state index in [4.69, 9.17) is 15.6 Å². The summed E-state index contributed by atoms with van der Waals surface area (Å²) in [4.78, 5) is 14.5. The Kier molecular flexibility index (Phi) is 3.22. The van der Waals surface area contributed by atoms with E-state index in [0.717, 1.165) is 10.9 Å². The summed E-state index contributed by atoms with van der Waals surface area (Å²) < 4.78 is 6.12. The molecule has 0 unspecified atom stereocenters. The molecule has 9 heteroatoms. The van der Waals surface area contributed by atoms with Crippen molar-refractivity contribution >= 4 is 5.91 Å². The molecule has 0 aromatic carbocycles. The number of aliphatic hydroxyl groups is 3.